The van der Waals surface area contributed by atoms with Gasteiger partial charge in [-0.15, -0.1) is 0 Å². The number of nitrogens with one attached hydrogen (secondary N) is 1. The fourth-order valence-corrected chi connectivity index (χ4v) is 1.86. The van der Waals surface area contributed by atoms with Crippen LogP contribution in [-0.4, -0.2) is 28.2 Å². The molecule has 2 N–H and O–H groups in total. The molecular weight excluding hydrogens is 204 g/mol. The van der Waals surface area contributed by atoms with Gasteiger partial charge in [0.05, 0.1) is 12.2 Å². The van der Waals surface area contributed by atoms with Gasteiger partial charge in [0.15, 0.2) is 0 Å². The Balaban J connectivity index is 2.92. The molecule has 1 aromatic heterocycles. The molecule has 90 valence electrons. The van der Waals surface area contributed by atoms with E-state index >= 15 is 0 Å². The van der Waals surface area contributed by atoms with Gasteiger partial charge in [-0.05, 0) is 33.8 Å². The van der Waals surface area contributed by atoms with Crippen LogP contribution in [-0.2, 0) is 6.54 Å². The number of hydrogen-bond acceptors (Lipinski definition) is 2. The van der Waals surface area contributed by atoms with E-state index < -0.39 is 0 Å². The monoisotopic (exact) mass is 224 g/mol. The van der Waals surface area contributed by atoms with Gasteiger partial charge in [0.2, 0.25) is 0 Å². The third-order valence-electron chi connectivity index (χ3n) is 2.79. The van der Waals surface area contributed by atoms with E-state index in [-0.39, 0.29) is 18.6 Å². The molecule has 0 radical (unpaired) electrons. The lowest BCUT2D eigenvalue weighted by Gasteiger charge is -2.11. The molecule has 0 aromatic carbocycles. The Morgan fingerprint density at radius 3 is 2.62 bits per heavy atom. The maximum absolute atomic E-state index is 11.9. The second-order valence-electron chi connectivity index (χ2n) is 4.09. The highest BCUT2D eigenvalue weighted by Gasteiger charge is 2.15. The normalized spacial score (nSPS) is 12.6. The number of amides is 1. The third kappa shape index (κ3) is 2.44. The van der Waals surface area contributed by atoms with Crippen molar-refractivity contribution in [3.63, 3.8) is 0 Å². The summed E-state index contributed by atoms with van der Waals surface area (Å²) in [5.74, 6) is -0.116. The molecule has 0 bridgehead atoms. The first-order chi connectivity index (χ1) is 7.51. The molecule has 1 aromatic rings. The number of nitrogens with zero attached hydrogens (tertiary/aromatic N) is 1. The van der Waals surface area contributed by atoms with E-state index in [9.17, 15) is 4.79 Å². The minimum absolute atomic E-state index is 0.0434. The summed E-state index contributed by atoms with van der Waals surface area (Å²) in [5.41, 5.74) is 2.75. The second kappa shape index (κ2) is 5.16. The standard InChI is InChI=1S/C12H20N2O2/c1-5-14-9(3)6-11(10(14)4)12(16)13-8(2)7-15/h6,8,15H,5,7H2,1-4H3,(H,13,16). The SMILES string of the molecule is CCn1c(C)cc(C(=O)NC(C)CO)c1C. The number of aromatic nitrogens is 1. The zero-order valence-corrected chi connectivity index (χ0v) is 10.4. The fourth-order valence-electron chi connectivity index (χ4n) is 1.86. The summed E-state index contributed by atoms with van der Waals surface area (Å²) in [6.45, 7) is 8.57. The lowest BCUT2D eigenvalue weighted by molar-refractivity contribution is 0.0921. The maximum atomic E-state index is 11.9. The van der Waals surface area contributed by atoms with Crippen molar-refractivity contribution in [3.05, 3.63) is 23.0 Å². The highest BCUT2D eigenvalue weighted by molar-refractivity contribution is 5.95. The Hall–Kier alpha value is -1.29. The van der Waals surface area contributed by atoms with Crippen LogP contribution in [0.1, 0.15) is 35.6 Å². The van der Waals surface area contributed by atoms with E-state index in [0.717, 1.165) is 17.9 Å². The molecule has 1 unspecified atom stereocenters. The molecule has 0 spiro atoms. The Labute approximate surface area is 96.3 Å². The van der Waals surface area contributed by atoms with Crippen LogP contribution < -0.4 is 5.32 Å². The maximum Gasteiger partial charge on any atom is 0.253 e. The molecule has 4 heteroatoms. The van der Waals surface area contributed by atoms with Crippen molar-refractivity contribution in [1.82, 2.24) is 9.88 Å². The first kappa shape index (κ1) is 12.8. The zero-order valence-electron chi connectivity index (χ0n) is 10.4. The quantitative estimate of drug-likeness (QED) is 0.808. The Morgan fingerprint density at radius 1 is 1.56 bits per heavy atom. The van der Waals surface area contributed by atoms with Crippen LogP contribution in [0.4, 0.5) is 0 Å². The predicted molar refractivity (Wildman–Crippen MR) is 63.6 cm³/mol. The summed E-state index contributed by atoms with van der Waals surface area (Å²) in [6.07, 6.45) is 0. The highest BCUT2D eigenvalue weighted by atomic mass is 16.3. The van der Waals surface area contributed by atoms with Crippen LogP contribution in [0.15, 0.2) is 6.07 Å². The average molecular weight is 224 g/mol. The van der Waals surface area contributed by atoms with Crippen molar-refractivity contribution in [2.75, 3.05) is 6.61 Å². The lowest BCUT2D eigenvalue weighted by Crippen LogP contribution is -2.35. The summed E-state index contributed by atoms with van der Waals surface area (Å²) in [4.78, 5) is 11.9. The van der Waals surface area contributed by atoms with Crippen molar-refractivity contribution in [2.24, 2.45) is 0 Å². The molecule has 0 aliphatic carbocycles. The van der Waals surface area contributed by atoms with E-state index in [1.54, 1.807) is 6.92 Å². The van der Waals surface area contributed by atoms with Crippen LogP contribution in [0, 0.1) is 13.8 Å². The largest absolute Gasteiger partial charge is 0.394 e. The van der Waals surface area contributed by atoms with E-state index in [2.05, 4.69) is 16.8 Å². The summed E-state index contributed by atoms with van der Waals surface area (Å²) >= 11 is 0. The van der Waals surface area contributed by atoms with Crippen LogP contribution in [0.5, 0.6) is 0 Å². The van der Waals surface area contributed by atoms with Crippen molar-refractivity contribution in [3.8, 4) is 0 Å². The van der Waals surface area contributed by atoms with Gasteiger partial charge in [-0.3, -0.25) is 4.79 Å². The van der Waals surface area contributed by atoms with E-state index in [4.69, 9.17) is 5.11 Å². The summed E-state index contributed by atoms with van der Waals surface area (Å²) in [6, 6.07) is 1.68. The van der Waals surface area contributed by atoms with Gasteiger partial charge in [0.25, 0.3) is 5.91 Å². The van der Waals surface area contributed by atoms with Crippen molar-refractivity contribution in [2.45, 2.75) is 40.3 Å². The molecule has 1 rings (SSSR count). The number of carbonyl (C=O) groups is 1. The Morgan fingerprint density at radius 2 is 2.19 bits per heavy atom. The average Bonchev–Trinajstić information content (AvgIpc) is 2.53. The summed E-state index contributed by atoms with van der Waals surface area (Å²) in [7, 11) is 0. The van der Waals surface area contributed by atoms with Crippen molar-refractivity contribution in [1.29, 1.82) is 0 Å². The number of rotatable bonds is 4. The van der Waals surface area contributed by atoms with Gasteiger partial charge in [0, 0.05) is 24.0 Å². The topological polar surface area (TPSA) is 54.3 Å². The zero-order chi connectivity index (χ0) is 12.3. The van der Waals surface area contributed by atoms with Crippen LogP contribution in [0.3, 0.4) is 0 Å². The molecule has 4 nitrogen and oxygen atoms in total. The van der Waals surface area contributed by atoms with Crippen LogP contribution >= 0.6 is 0 Å². The summed E-state index contributed by atoms with van der Waals surface area (Å²) in [5, 5.41) is 11.6. The van der Waals surface area contributed by atoms with Crippen LogP contribution in [0.2, 0.25) is 0 Å². The first-order valence-electron chi connectivity index (χ1n) is 5.59. The number of aliphatic hydroxyl groups excluding tert-OH is 1. The fraction of sp³-hybridized carbons (Fsp3) is 0.583. The number of hydrogen-bond donors (Lipinski definition) is 2. The molecule has 1 amide bonds. The minimum atomic E-state index is -0.211. The van der Waals surface area contributed by atoms with Crippen LogP contribution in [0.25, 0.3) is 0 Å². The molecule has 0 saturated carbocycles. The smallest absolute Gasteiger partial charge is 0.253 e. The third-order valence-corrected chi connectivity index (χ3v) is 2.79. The lowest BCUT2D eigenvalue weighted by atomic mass is 10.2. The molecule has 0 saturated heterocycles. The second-order valence-corrected chi connectivity index (χ2v) is 4.09. The van der Waals surface area contributed by atoms with Crippen molar-refractivity contribution >= 4 is 5.91 Å². The Bertz CT molecular complexity index is 383. The van der Waals surface area contributed by atoms with Gasteiger partial charge in [0.1, 0.15) is 0 Å². The minimum Gasteiger partial charge on any atom is -0.394 e. The van der Waals surface area contributed by atoms with E-state index in [1.165, 1.54) is 0 Å². The van der Waals surface area contributed by atoms with Gasteiger partial charge < -0.3 is 15.0 Å². The van der Waals surface area contributed by atoms with E-state index in [1.807, 2.05) is 19.9 Å². The molecule has 0 fully saturated rings. The highest BCUT2D eigenvalue weighted by Crippen LogP contribution is 2.14. The number of aliphatic hydroxyl groups is 1. The van der Waals surface area contributed by atoms with Gasteiger partial charge in [-0.25, -0.2) is 0 Å². The van der Waals surface area contributed by atoms with Gasteiger partial charge in [-0.2, -0.15) is 0 Å². The molecule has 1 atom stereocenters. The van der Waals surface area contributed by atoms with E-state index in [0.29, 0.717) is 5.56 Å². The Kier molecular flexibility index (Phi) is 4.12. The summed E-state index contributed by atoms with van der Waals surface area (Å²) < 4.78 is 2.10. The molecule has 16 heavy (non-hydrogen) atoms. The van der Waals surface area contributed by atoms with Gasteiger partial charge >= 0.3 is 0 Å². The predicted octanol–water partition coefficient (Wildman–Crippen LogP) is 1.24. The van der Waals surface area contributed by atoms with Gasteiger partial charge in [-0.1, -0.05) is 0 Å². The molecular formula is C12H20N2O2. The molecule has 0 aliphatic rings. The number of carbonyl (C=O) groups excluding carboxylic acids is 1. The first-order valence-corrected chi connectivity index (χ1v) is 5.59. The molecule has 0 aliphatic heterocycles. The van der Waals surface area contributed by atoms with Crippen molar-refractivity contribution < 1.29 is 9.90 Å². The number of aryl methyl sites for hydroxylation is 1. The molecule has 1 heterocycles.